The van der Waals surface area contributed by atoms with Crippen LogP contribution in [0.25, 0.3) is 0 Å². The number of hydrogen-bond donors (Lipinski definition) is 1. The summed E-state index contributed by atoms with van der Waals surface area (Å²) in [5, 5.41) is 3.64. The van der Waals surface area contributed by atoms with Crippen LogP contribution in [0.2, 0.25) is 0 Å². The van der Waals surface area contributed by atoms with Crippen molar-refractivity contribution >= 4 is 17.5 Å². The normalized spacial score (nSPS) is 33.5. The van der Waals surface area contributed by atoms with Crippen LogP contribution in [0.15, 0.2) is 0 Å². The predicted molar refractivity (Wildman–Crippen MR) is 92.8 cm³/mol. The molecule has 0 aromatic rings. The summed E-state index contributed by atoms with van der Waals surface area (Å²) in [6, 6.07) is 0.576. The largest absolute Gasteiger partial charge is 0.304 e. The molecule has 0 amide bonds. The molecule has 0 heterocycles. The van der Waals surface area contributed by atoms with E-state index in [-0.39, 0.29) is 6.04 Å². The van der Waals surface area contributed by atoms with E-state index in [9.17, 15) is 4.79 Å². The number of nitrogens with one attached hydrogen (secondary N) is 1. The van der Waals surface area contributed by atoms with Gasteiger partial charge in [-0.3, -0.25) is 4.79 Å². The fourth-order valence-corrected chi connectivity index (χ4v) is 4.55. The van der Waals surface area contributed by atoms with Gasteiger partial charge in [0.15, 0.2) is 0 Å². The summed E-state index contributed by atoms with van der Waals surface area (Å²) in [7, 11) is 0. The summed E-state index contributed by atoms with van der Waals surface area (Å²) < 4.78 is 0. The number of thioether (sulfide) groups is 1. The lowest BCUT2D eigenvalue weighted by atomic mass is 10.1. The van der Waals surface area contributed by atoms with E-state index < -0.39 is 0 Å². The minimum Gasteiger partial charge on any atom is -0.304 e. The molecule has 2 aliphatic rings. The molecule has 0 radical (unpaired) electrons. The highest BCUT2D eigenvalue weighted by atomic mass is 32.2. The predicted octanol–water partition coefficient (Wildman–Crippen LogP) is 4.14. The highest BCUT2D eigenvalue weighted by Crippen LogP contribution is 2.53. The molecule has 122 valence electrons. The molecule has 0 saturated heterocycles. The molecule has 2 aliphatic carbocycles. The summed E-state index contributed by atoms with van der Waals surface area (Å²) in [6.45, 7) is 8.77. The van der Waals surface area contributed by atoms with Crippen molar-refractivity contribution < 1.29 is 4.79 Å². The Morgan fingerprint density at radius 1 is 1.19 bits per heavy atom. The van der Waals surface area contributed by atoms with Crippen LogP contribution in [-0.2, 0) is 4.79 Å². The van der Waals surface area contributed by atoms with Crippen LogP contribution < -0.4 is 5.32 Å². The zero-order chi connectivity index (χ0) is 15.4. The standard InChI is InChI=1S/C18H33NOS/c1-5-13-8-14(13)9-15-10-16(15)12(4)19-17(11-21-7-3)18(20)6-2/h12-17,19H,5-11H2,1-4H3. The molecule has 2 saturated carbocycles. The fraction of sp³-hybridized carbons (Fsp3) is 0.944. The molecule has 0 spiro atoms. The van der Waals surface area contributed by atoms with Gasteiger partial charge in [-0.15, -0.1) is 0 Å². The molecule has 6 atom stereocenters. The van der Waals surface area contributed by atoms with Gasteiger partial charge in [0, 0.05) is 18.2 Å². The van der Waals surface area contributed by atoms with Gasteiger partial charge in [-0.2, -0.15) is 11.8 Å². The van der Waals surface area contributed by atoms with Crippen molar-refractivity contribution in [2.45, 2.75) is 71.9 Å². The summed E-state index contributed by atoms with van der Waals surface area (Å²) in [6.07, 6.45) is 6.34. The Morgan fingerprint density at radius 2 is 1.95 bits per heavy atom. The lowest BCUT2D eigenvalue weighted by Crippen LogP contribution is -2.44. The van der Waals surface area contributed by atoms with Crippen molar-refractivity contribution in [1.82, 2.24) is 5.32 Å². The second-order valence-electron chi connectivity index (χ2n) is 7.05. The third-order valence-electron chi connectivity index (χ3n) is 5.51. The van der Waals surface area contributed by atoms with E-state index in [0.717, 1.165) is 35.2 Å². The monoisotopic (exact) mass is 311 g/mol. The second-order valence-corrected chi connectivity index (χ2v) is 8.37. The lowest BCUT2D eigenvalue weighted by molar-refractivity contribution is -0.120. The van der Waals surface area contributed by atoms with Gasteiger partial charge in [0.05, 0.1) is 6.04 Å². The molecule has 0 bridgehead atoms. The molecular weight excluding hydrogens is 278 g/mol. The van der Waals surface area contributed by atoms with Crippen LogP contribution in [0, 0.1) is 23.7 Å². The number of carbonyl (C=O) groups is 1. The lowest BCUT2D eigenvalue weighted by Gasteiger charge is -2.22. The second kappa shape index (κ2) is 8.01. The number of carbonyl (C=O) groups excluding carboxylic acids is 1. The minimum absolute atomic E-state index is 0.0699. The average Bonchev–Trinajstić information content (AvgIpc) is 3.39. The van der Waals surface area contributed by atoms with Crippen molar-refractivity contribution in [3.8, 4) is 0 Å². The van der Waals surface area contributed by atoms with E-state index in [2.05, 4.69) is 26.1 Å². The van der Waals surface area contributed by atoms with Gasteiger partial charge in [-0.25, -0.2) is 0 Å². The zero-order valence-electron chi connectivity index (χ0n) is 14.2. The van der Waals surface area contributed by atoms with E-state index in [1.807, 2.05) is 18.7 Å². The highest BCUT2D eigenvalue weighted by Gasteiger charge is 2.47. The van der Waals surface area contributed by atoms with Crippen LogP contribution in [-0.4, -0.2) is 29.4 Å². The Balaban J connectivity index is 1.72. The third kappa shape index (κ3) is 4.99. The van der Waals surface area contributed by atoms with Gasteiger partial charge in [-0.1, -0.05) is 27.2 Å². The Labute approximate surface area is 135 Å². The van der Waals surface area contributed by atoms with E-state index in [0.29, 0.717) is 18.2 Å². The van der Waals surface area contributed by atoms with Crippen LogP contribution >= 0.6 is 11.8 Å². The Bertz CT molecular complexity index is 346. The van der Waals surface area contributed by atoms with Gasteiger partial charge in [0.2, 0.25) is 0 Å². The molecular formula is C18H33NOS. The number of ketones is 1. The first kappa shape index (κ1) is 17.3. The molecule has 6 unspecified atom stereocenters. The van der Waals surface area contributed by atoms with Crippen molar-refractivity contribution in [2.24, 2.45) is 23.7 Å². The summed E-state index contributed by atoms with van der Waals surface area (Å²) >= 11 is 1.88. The van der Waals surface area contributed by atoms with Gasteiger partial charge in [0.1, 0.15) is 5.78 Å². The minimum atomic E-state index is 0.0699. The first-order valence-corrected chi connectivity index (χ1v) is 10.1. The number of rotatable bonds is 11. The zero-order valence-corrected chi connectivity index (χ0v) is 15.0. The van der Waals surface area contributed by atoms with Crippen LogP contribution in [0.4, 0.5) is 0 Å². The van der Waals surface area contributed by atoms with E-state index in [4.69, 9.17) is 0 Å². The molecule has 2 fully saturated rings. The topological polar surface area (TPSA) is 29.1 Å². The smallest absolute Gasteiger partial charge is 0.150 e. The summed E-state index contributed by atoms with van der Waals surface area (Å²) in [5.74, 6) is 6.23. The molecule has 2 rings (SSSR count). The molecule has 2 nitrogen and oxygen atoms in total. The fourth-order valence-electron chi connectivity index (χ4n) is 3.80. The SMILES string of the molecule is CCSCC(NC(C)C1CC1CC1CC1CC)C(=O)CC. The average molecular weight is 312 g/mol. The quantitative estimate of drug-likeness (QED) is 0.622. The van der Waals surface area contributed by atoms with Gasteiger partial charge < -0.3 is 5.32 Å². The molecule has 0 aromatic heterocycles. The van der Waals surface area contributed by atoms with Crippen LogP contribution in [0.5, 0.6) is 0 Å². The van der Waals surface area contributed by atoms with Gasteiger partial charge in [0.25, 0.3) is 0 Å². The Morgan fingerprint density at radius 3 is 2.52 bits per heavy atom. The van der Waals surface area contributed by atoms with E-state index in [1.165, 1.54) is 25.7 Å². The third-order valence-corrected chi connectivity index (χ3v) is 6.49. The van der Waals surface area contributed by atoms with Gasteiger partial charge >= 0.3 is 0 Å². The first-order valence-electron chi connectivity index (χ1n) is 8.97. The number of hydrogen-bond acceptors (Lipinski definition) is 3. The molecule has 1 N–H and O–H groups in total. The maximum atomic E-state index is 12.1. The molecule has 3 heteroatoms. The summed E-state index contributed by atoms with van der Waals surface area (Å²) in [5.41, 5.74) is 0. The van der Waals surface area contributed by atoms with E-state index >= 15 is 0 Å². The maximum absolute atomic E-state index is 12.1. The number of Topliss-reactive ketones (excluding diaryl/α,β-unsaturated/α-hetero) is 1. The van der Waals surface area contributed by atoms with Crippen LogP contribution in [0.3, 0.4) is 0 Å². The highest BCUT2D eigenvalue weighted by molar-refractivity contribution is 7.99. The first-order chi connectivity index (χ1) is 10.1. The molecule has 0 aromatic carbocycles. The summed E-state index contributed by atoms with van der Waals surface area (Å²) in [4.78, 5) is 12.1. The van der Waals surface area contributed by atoms with Crippen molar-refractivity contribution in [3.63, 3.8) is 0 Å². The van der Waals surface area contributed by atoms with Crippen molar-refractivity contribution in [3.05, 3.63) is 0 Å². The molecule has 0 aliphatic heterocycles. The van der Waals surface area contributed by atoms with Crippen molar-refractivity contribution in [2.75, 3.05) is 11.5 Å². The van der Waals surface area contributed by atoms with Crippen molar-refractivity contribution in [1.29, 1.82) is 0 Å². The Kier molecular flexibility index (Phi) is 6.61. The Hall–Kier alpha value is -0.0200. The van der Waals surface area contributed by atoms with Gasteiger partial charge in [-0.05, 0) is 55.6 Å². The maximum Gasteiger partial charge on any atom is 0.150 e. The van der Waals surface area contributed by atoms with Crippen LogP contribution in [0.1, 0.15) is 59.8 Å². The molecule has 21 heavy (non-hydrogen) atoms. The van der Waals surface area contributed by atoms with E-state index in [1.54, 1.807) is 0 Å².